The summed E-state index contributed by atoms with van der Waals surface area (Å²) < 4.78 is 55.2. The minimum Gasteiger partial charge on any atom is -0.345 e. The molecule has 4 aromatic rings. The Kier molecular flexibility index (Phi) is 7.82. The van der Waals surface area contributed by atoms with Gasteiger partial charge in [-0.15, -0.1) is 0 Å². The highest BCUT2D eigenvalue weighted by molar-refractivity contribution is 6.04. The zero-order chi connectivity index (χ0) is 28.3. The van der Waals surface area contributed by atoms with Crippen molar-refractivity contribution >= 4 is 22.8 Å². The standard InChI is InChI=1S/C29H26F4N6O/c1-2-38-11-13-39(14-12-38)18-22-6-5-20(16-24(22)29(31,32)33)28(40)37-26-15-19(9-10-34-26)3-4-21-17-35-27-23(21)7-8-25(30)36-27/h5-10,15-17H,2,11-14,18H2,1H3,(H,35,36)(H,34,37,40). The molecule has 0 radical (unpaired) electrons. The van der Waals surface area contributed by atoms with Crippen LogP contribution in [0.4, 0.5) is 23.4 Å². The minimum absolute atomic E-state index is 0.122. The first kappa shape index (κ1) is 27.3. The molecule has 1 saturated heterocycles. The first-order chi connectivity index (χ1) is 19.2. The fourth-order valence-electron chi connectivity index (χ4n) is 4.61. The van der Waals surface area contributed by atoms with Gasteiger partial charge in [-0.25, -0.2) is 9.97 Å². The Labute approximate surface area is 228 Å². The molecule has 1 aliphatic rings. The van der Waals surface area contributed by atoms with E-state index in [2.05, 4.69) is 43.9 Å². The fraction of sp³-hybridized carbons (Fsp3) is 0.276. The molecule has 0 bridgehead atoms. The van der Waals surface area contributed by atoms with Crippen LogP contribution in [0.5, 0.6) is 0 Å². The highest BCUT2D eigenvalue weighted by Gasteiger charge is 2.34. The minimum atomic E-state index is -4.60. The van der Waals surface area contributed by atoms with Crippen molar-refractivity contribution in [2.24, 2.45) is 0 Å². The molecule has 7 nitrogen and oxygen atoms in total. The number of alkyl halides is 3. The topological polar surface area (TPSA) is 77.1 Å². The number of hydrogen-bond donors (Lipinski definition) is 2. The number of piperazine rings is 1. The molecule has 11 heteroatoms. The van der Waals surface area contributed by atoms with Crippen LogP contribution in [0.1, 0.15) is 39.5 Å². The van der Waals surface area contributed by atoms with Crippen LogP contribution in [-0.4, -0.2) is 63.4 Å². The second-order valence-electron chi connectivity index (χ2n) is 9.45. The number of carbonyl (C=O) groups excluding carboxylic acids is 1. The molecule has 1 aromatic carbocycles. The molecule has 3 aromatic heterocycles. The van der Waals surface area contributed by atoms with E-state index in [0.717, 1.165) is 25.7 Å². The van der Waals surface area contributed by atoms with Crippen LogP contribution in [0.25, 0.3) is 11.0 Å². The van der Waals surface area contributed by atoms with E-state index in [1.165, 1.54) is 30.5 Å². The van der Waals surface area contributed by atoms with Gasteiger partial charge in [0.2, 0.25) is 5.95 Å². The van der Waals surface area contributed by atoms with Crippen LogP contribution < -0.4 is 5.32 Å². The van der Waals surface area contributed by atoms with Gasteiger partial charge >= 0.3 is 6.18 Å². The van der Waals surface area contributed by atoms with Crippen molar-refractivity contribution in [2.45, 2.75) is 19.6 Å². The predicted octanol–water partition coefficient (Wildman–Crippen LogP) is 4.91. The number of aromatic nitrogens is 3. The van der Waals surface area contributed by atoms with Crippen molar-refractivity contribution < 1.29 is 22.4 Å². The summed E-state index contributed by atoms with van der Waals surface area (Å²) >= 11 is 0. The molecule has 0 unspecified atom stereocenters. The number of aromatic amines is 1. The number of nitrogens with zero attached hydrogens (tertiary/aromatic N) is 4. The first-order valence-corrected chi connectivity index (χ1v) is 12.8. The summed E-state index contributed by atoms with van der Waals surface area (Å²) in [6.07, 6.45) is -1.55. The summed E-state index contributed by atoms with van der Waals surface area (Å²) in [6, 6.07) is 9.64. The molecule has 0 spiro atoms. The normalized spacial score (nSPS) is 14.6. The van der Waals surface area contributed by atoms with Gasteiger partial charge in [-0.2, -0.15) is 17.6 Å². The Morgan fingerprint density at radius 3 is 2.58 bits per heavy atom. The lowest BCUT2D eigenvalue weighted by atomic mass is 10.0. The molecule has 40 heavy (non-hydrogen) atoms. The van der Waals surface area contributed by atoms with Gasteiger partial charge in [-0.05, 0) is 48.5 Å². The highest BCUT2D eigenvalue weighted by Crippen LogP contribution is 2.33. The van der Waals surface area contributed by atoms with E-state index in [1.807, 2.05) is 4.90 Å². The Bertz CT molecular complexity index is 1600. The molecular formula is C29H26F4N6O. The summed E-state index contributed by atoms with van der Waals surface area (Å²) in [5.74, 6) is 4.75. The Hall–Kier alpha value is -4.27. The summed E-state index contributed by atoms with van der Waals surface area (Å²) in [7, 11) is 0. The van der Waals surface area contributed by atoms with Crippen molar-refractivity contribution in [2.75, 3.05) is 38.0 Å². The summed E-state index contributed by atoms with van der Waals surface area (Å²) in [6.45, 7) is 6.15. The molecule has 0 aliphatic carbocycles. The molecule has 5 rings (SSSR count). The smallest absolute Gasteiger partial charge is 0.345 e. The van der Waals surface area contributed by atoms with E-state index >= 15 is 0 Å². The number of fused-ring (bicyclic) bond motifs is 1. The third kappa shape index (κ3) is 6.30. The SMILES string of the molecule is CCN1CCN(Cc2ccc(C(=O)Nc3cc(C#Cc4c[nH]c5nc(F)ccc45)ccn3)cc2C(F)(F)F)CC1. The van der Waals surface area contributed by atoms with Crippen LogP contribution in [0.2, 0.25) is 0 Å². The second kappa shape index (κ2) is 11.5. The van der Waals surface area contributed by atoms with Gasteiger partial charge in [-0.1, -0.05) is 24.8 Å². The maximum absolute atomic E-state index is 14.0. The molecule has 206 valence electrons. The van der Waals surface area contributed by atoms with Gasteiger partial charge in [0.25, 0.3) is 5.91 Å². The van der Waals surface area contributed by atoms with Crippen molar-refractivity contribution in [3.8, 4) is 11.8 Å². The van der Waals surface area contributed by atoms with E-state index in [-0.39, 0.29) is 23.5 Å². The Morgan fingerprint density at radius 1 is 1.05 bits per heavy atom. The van der Waals surface area contributed by atoms with Crippen molar-refractivity contribution in [1.29, 1.82) is 0 Å². The van der Waals surface area contributed by atoms with Crippen LogP contribution >= 0.6 is 0 Å². The molecule has 0 saturated carbocycles. The van der Waals surface area contributed by atoms with Gasteiger partial charge < -0.3 is 15.2 Å². The third-order valence-corrected chi connectivity index (χ3v) is 6.83. The fourth-order valence-corrected chi connectivity index (χ4v) is 4.61. The number of likely N-dealkylation sites (N-methyl/N-ethyl adjacent to an activating group) is 1. The number of rotatable bonds is 5. The van der Waals surface area contributed by atoms with Gasteiger partial charge in [0.05, 0.1) is 11.1 Å². The van der Waals surface area contributed by atoms with Crippen molar-refractivity contribution in [3.05, 3.63) is 88.6 Å². The Balaban J connectivity index is 1.31. The number of halogens is 4. The number of anilines is 1. The summed E-state index contributed by atoms with van der Waals surface area (Å²) in [4.78, 5) is 27.9. The van der Waals surface area contributed by atoms with Crippen LogP contribution in [0.3, 0.4) is 0 Å². The lowest BCUT2D eigenvalue weighted by Crippen LogP contribution is -2.45. The van der Waals surface area contributed by atoms with E-state index < -0.39 is 23.6 Å². The number of pyridine rings is 2. The van der Waals surface area contributed by atoms with Gasteiger partial charge in [0, 0.05) is 61.6 Å². The molecule has 2 N–H and O–H groups in total. The maximum Gasteiger partial charge on any atom is 0.416 e. The van der Waals surface area contributed by atoms with Gasteiger partial charge in [0.1, 0.15) is 11.5 Å². The number of amides is 1. The van der Waals surface area contributed by atoms with E-state index in [4.69, 9.17) is 0 Å². The monoisotopic (exact) mass is 550 g/mol. The average Bonchev–Trinajstić information content (AvgIpc) is 3.34. The van der Waals surface area contributed by atoms with E-state index in [1.54, 1.807) is 18.3 Å². The first-order valence-electron chi connectivity index (χ1n) is 12.8. The van der Waals surface area contributed by atoms with Gasteiger partial charge in [0.15, 0.2) is 0 Å². The molecule has 0 atom stereocenters. The number of benzene rings is 1. The third-order valence-electron chi connectivity index (χ3n) is 6.83. The molecule has 1 fully saturated rings. The summed E-state index contributed by atoms with van der Waals surface area (Å²) in [5.41, 5.74) is 0.693. The van der Waals surface area contributed by atoms with Crippen molar-refractivity contribution in [1.82, 2.24) is 24.8 Å². The lowest BCUT2D eigenvalue weighted by molar-refractivity contribution is -0.138. The zero-order valence-corrected chi connectivity index (χ0v) is 21.6. The van der Waals surface area contributed by atoms with E-state index in [0.29, 0.717) is 35.2 Å². The molecular weight excluding hydrogens is 524 g/mol. The van der Waals surface area contributed by atoms with Crippen molar-refractivity contribution in [3.63, 3.8) is 0 Å². The Morgan fingerprint density at radius 2 is 1.82 bits per heavy atom. The largest absolute Gasteiger partial charge is 0.416 e. The second-order valence-corrected chi connectivity index (χ2v) is 9.45. The van der Waals surface area contributed by atoms with E-state index in [9.17, 15) is 22.4 Å². The lowest BCUT2D eigenvalue weighted by Gasteiger charge is -2.34. The number of H-pyrrole nitrogens is 1. The van der Waals surface area contributed by atoms with Gasteiger partial charge in [-0.3, -0.25) is 9.69 Å². The molecule has 1 aliphatic heterocycles. The van der Waals surface area contributed by atoms with Crippen LogP contribution in [-0.2, 0) is 12.7 Å². The summed E-state index contributed by atoms with van der Waals surface area (Å²) in [5, 5.41) is 3.22. The number of nitrogens with one attached hydrogen (secondary N) is 2. The quantitative estimate of drug-likeness (QED) is 0.210. The van der Waals surface area contributed by atoms with Crippen LogP contribution in [0, 0.1) is 17.8 Å². The number of hydrogen-bond acceptors (Lipinski definition) is 5. The average molecular weight is 551 g/mol. The zero-order valence-electron chi connectivity index (χ0n) is 21.6. The van der Waals surface area contributed by atoms with Crippen LogP contribution in [0.15, 0.2) is 54.9 Å². The predicted molar refractivity (Wildman–Crippen MR) is 143 cm³/mol. The maximum atomic E-state index is 14.0. The highest BCUT2D eigenvalue weighted by atomic mass is 19.4. The molecule has 4 heterocycles. The number of carbonyl (C=O) groups is 1. The molecule has 1 amide bonds.